The number of methoxy groups -OCH3 is 2. The topological polar surface area (TPSA) is 95.4 Å². The smallest absolute Gasteiger partial charge is 0.260 e. The van der Waals surface area contributed by atoms with E-state index in [2.05, 4.69) is 9.98 Å². The Bertz CT molecular complexity index is 1010. The van der Waals surface area contributed by atoms with Gasteiger partial charge in [0.05, 0.1) is 56.1 Å². The average Bonchev–Trinajstić information content (AvgIpc) is 3.15. The van der Waals surface area contributed by atoms with Crippen LogP contribution in [0.25, 0.3) is 11.3 Å². The van der Waals surface area contributed by atoms with Crippen molar-refractivity contribution in [1.29, 1.82) is 0 Å². The maximum absolute atomic E-state index is 12.8. The highest BCUT2D eigenvalue weighted by atomic mass is 16.6. The van der Waals surface area contributed by atoms with Crippen LogP contribution in [0.3, 0.4) is 0 Å². The molecule has 1 amide bonds. The van der Waals surface area contributed by atoms with E-state index in [1.807, 2.05) is 25.1 Å². The van der Waals surface area contributed by atoms with Crippen molar-refractivity contribution in [1.82, 2.24) is 14.9 Å². The highest BCUT2D eigenvalue weighted by Crippen LogP contribution is 2.31. The van der Waals surface area contributed by atoms with Crippen LogP contribution in [-0.4, -0.2) is 74.7 Å². The van der Waals surface area contributed by atoms with Gasteiger partial charge in [-0.2, -0.15) is 0 Å². The number of hydrogen-bond donors (Lipinski definition) is 0. The van der Waals surface area contributed by atoms with Crippen molar-refractivity contribution in [3.05, 3.63) is 47.4 Å². The molecule has 0 bridgehead atoms. The zero-order valence-corrected chi connectivity index (χ0v) is 18.8. The summed E-state index contributed by atoms with van der Waals surface area (Å²) in [6.07, 6.45) is 5.20. The molecular weight excluding hydrogens is 412 g/mol. The fourth-order valence-electron chi connectivity index (χ4n) is 3.25. The van der Waals surface area contributed by atoms with Gasteiger partial charge in [0.1, 0.15) is 6.61 Å². The summed E-state index contributed by atoms with van der Waals surface area (Å²) < 4.78 is 21.4. The SMILES string of the molecule is C/C=C(\C=N/C)N1Cc2nc(-c3cnc(OCCOCCOC)c(OC)c3)ccc2C1=O. The largest absolute Gasteiger partial charge is 0.491 e. The molecule has 9 nitrogen and oxygen atoms in total. The predicted octanol–water partition coefficient (Wildman–Crippen LogP) is 2.75. The van der Waals surface area contributed by atoms with E-state index in [9.17, 15) is 4.79 Å². The number of amides is 1. The first-order chi connectivity index (χ1) is 15.6. The van der Waals surface area contributed by atoms with E-state index < -0.39 is 0 Å². The van der Waals surface area contributed by atoms with Gasteiger partial charge in [0.15, 0.2) is 5.75 Å². The molecule has 1 aliphatic rings. The lowest BCUT2D eigenvalue weighted by atomic mass is 10.1. The minimum atomic E-state index is -0.0841. The molecule has 0 saturated heterocycles. The molecule has 2 aromatic rings. The summed E-state index contributed by atoms with van der Waals surface area (Å²) in [5.41, 5.74) is 3.51. The fraction of sp³-hybridized carbons (Fsp3) is 0.391. The van der Waals surface area contributed by atoms with Gasteiger partial charge in [0.25, 0.3) is 11.8 Å². The Hall–Kier alpha value is -3.30. The van der Waals surface area contributed by atoms with Gasteiger partial charge in [0, 0.05) is 32.1 Å². The Kier molecular flexibility index (Phi) is 8.29. The van der Waals surface area contributed by atoms with Crippen LogP contribution >= 0.6 is 0 Å². The maximum Gasteiger partial charge on any atom is 0.260 e. The minimum Gasteiger partial charge on any atom is -0.491 e. The molecule has 0 N–H and O–H groups in total. The molecule has 0 saturated carbocycles. The number of carbonyl (C=O) groups is 1. The number of fused-ring (bicyclic) bond motifs is 1. The van der Waals surface area contributed by atoms with Crippen LogP contribution in [0.5, 0.6) is 11.6 Å². The van der Waals surface area contributed by atoms with E-state index in [4.69, 9.17) is 23.9 Å². The average molecular weight is 441 g/mol. The summed E-state index contributed by atoms with van der Waals surface area (Å²) in [5.74, 6) is 0.791. The fourth-order valence-corrected chi connectivity index (χ4v) is 3.25. The van der Waals surface area contributed by atoms with E-state index in [1.54, 1.807) is 44.6 Å². The lowest BCUT2D eigenvalue weighted by Gasteiger charge is -2.15. The Morgan fingerprint density at radius 1 is 1.22 bits per heavy atom. The molecule has 0 atom stereocenters. The number of ether oxygens (including phenoxy) is 4. The third-order valence-electron chi connectivity index (χ3n) is 4.86. The Morgan fingerprint density at radius 3 is 2.75 bits per heavy atom. The Balaban J connectivity index is 1.74. The number of carbonyl (C=O) groups excluding carboxylic acids is 1. The van der Waals surface area contributed by atoms with Crippen LogP contribution < -0.4 is 9.47 Å². The van der Waals surface area contributed by atoms with Crippen LogP contribution in [0.15, 0.2) is 41.2 Å². The molecule has 0 fully saturated rings. The second kappa shape index (κ2) is 11.4. The summed E-state index contributed by atoms with van der Waals surface area (Å²) in [7, 11) is 4.86. The number of pyridine rings is 2. The second-order valence-corrected chi connectivity index (χ2v) is 6.87. The van der Waals surface area contributed by atoms with E-state index >= 15 is 0 Å². The monoisotopic (exact) mass is 440 g/mol. The molecule has 9 heteroatoms. The van der Waals surface area contributed by atoms with Gasteiger partial charge < -0.3 is 23.8 Å². The van der Waals surface area contributed by atoms with Crippen molar-refractivity contribution in [3.8, 4) is 22.9 Å². The first kappa shape index (κ1) is 23.4. The van der Waals surface area contributed by atoms with Crippen LogP contribution in [-0.2, 0) is 16.0 Å². The van der Waals surface area contributed by atoms with Gasteiger partial charge in [-0.25, -0.2) is 4.98 Å². The predicted molar refractivity (Wildman–Crippen MR) is 120 cm³/mol. The summed E-state index contributed by atoms with van der Waals surface area (Å²) >= 11 is 0. The molecule has 170 valence electrons. The number of allylic oxidation sites excluding steroid dienone is 2. The molecule has 0 spiro atoms. The lowest BCUT2D eigenvalue weighted by molar-refractivity contribution is 0.0532. The third kappa shape index (κ3) is 5.30. The van der Waals surface area contributed by atoms with Gasteiger partial charge >= 0.3 is 0 Å². The summed E-state index contributed by atoms with van der Waals surface area (Å²) in [4.78, 5) is 27.5. The summed E-state index contributed by atoms with van der Waals surface area (Å²) in [6, 6.07) is 5.42. The number of hydrogen-bond acceptors (Lipinski definition) is 8. The van der Waals surface area contributed by atoms with Gasteiger partial charge in [-0.15, -0.1) is 0 Å². The molecule has 3 heterocycles. The first-order valence-corrected chi connectivity index (χ1v) is 10.3. The van der Waals surface area contributed by atoms with Crippen LogP contribution in [0.2, 0.25) is 0 Å². The third-order valence-corrected chi connectivity index (χ3v) is 4.86. The van der Waals surface area contributed by atoms with E-state index in [1.165, 1.54) is 0 Å². The standard InChI is InChI=1S/C23H28N4O5/c1-5-17(14-24-2)27-15-20-18(23(27)28)6-7-19(26-20)16-12-21(30-4)22(25-13-16)32-11-10-31-9-8-29-3/h5-7,12-14H,8-11,15H2,1-4H3/b17-5+,24-14-. The second-order valence-electron chi connectivity index (χ2n) is 6.87. The molecule has 0 radical (unpaired) electrons. The van der Waals surface area contributed by atoms with Crippen molar-refractivity contribution in [2.45, 2.75) is 13.5 Å². The van der Waals surface area contributed by atoms with Gasteiger partial charge in [-0.3, -0.25) is 14.8 Å². The summed E-state index contributed by atoms with van der Waals surface area (Å²) in [6.45, 7) is 4.07. The van der Waals surface area contributed by atoms with Gasteiger partial charge in [0.2, 0.25) is 0 Å². The highest BCUT2D eigenvalue weighted by molar-refractivity contribution is 6.02. The molecular formula is C23H28N4O5. The molecule has 2 aromatic heterocycles. The quantitative estimate of drug-likeness (QED) is 0.392. The van der Waals surface area contributed by atoms with Crippen molar-refractivity contribution in [3.63, 3.8) is 0 Å². The van der Waals surface area contributed by atoms with Crippen molar-refractivity contribution in [2.24, 2.45) is 4.99 Å². The normalized spacial score (nSPS) is 13.7. The van der Waals surface area contributed by atoms with E-state index in [-0.39, 0.29) is 5.91 Å². The summed E-state index contributed by atoms with van der Waals surface area (Å²) in [5, 5.41) is 0. The number of nitrogens with zero attached hydrogens (tertiary/aromatic N) is 4. The highest BCUT2D eigenvalue weighted by Gasteiger charge is 2.30. The van der Waals surface area contributed by atoms with Crippen LogP contribution in [0.1, 0.15) is 23.0 Å². The van der Waals surface area contributed by atoms with Crippen molar-refractivity contribution >= 4 is 12.1 Å². The van der Waals surface area contributed by atoms with E-state index in [0.717, 1.165) is 11.3 Å². The zero-order valence-electron chi connectivity index (χ0n) is 18.8. The van der Waals surface area contributed by atoms with Crippen molar-refractivity contribution in [2.75, 3.05) is 47.7 Å². The van der Waals surface area contributed by atoms with E-state index in [0.29, 0.717) is 61.6 Å². The Labute approximate surface area is 187 Å². The lowest BCUT2D eigenvalue weighted by Crippen LogP contribution is -2.23. The molecule has 32 heavy (non-hydrogen) atoms. The molecule has 3 rings (SSSR count). The van der Waals surface area contributed by atoms with Gasteiger partial charge in [-0.05, 0) is 25.1 Å². The molecule has 0 aliphatic carbocycles. The minimum absolute atomic E-state index is 0.0841. The molecule has 0 aromatic carbocycles. The first-order valence-electron chi connectivity index (χ1n) is 10.3. The van der Waals surface area contributed by atoms with Crippen LogP contribution in [0, 0.1) is 0 Å². The molecule has 0 unspecified atom stereocenters. The van der Waals surface area contributed by atoms with Gasteiger partial charge in [-0.1, -0.05) is 6.08 Å². The Morgan fingerprint density at radius 2 is 2.03 bits per heavy atom. The molecule has 1 aliphatic heterocycles. The zero-order chi connectivity index (χ0) is 22.9. The number of aromatic nitrogens is 2. The number of aliphatic imine (C=N–C) groups is 1. The van der Waals surface area contributed by atoms with Crippen molar-refractivity contribution < 1.29 is 23.7 Å². The number of rotatable bonds is 11. The maximum atomic E-state index is 12.8. The van der Waals surface area contributed by atoms with Crippen LogP contribution in [0.4, 0.5) is 0 Å².